The summed E-state index contributed by atoms with van der Waals surface area (Å²) in [6.07, 6.45) is 0. The second-order valence-corrected chi connectivity index (χ2v) is 7.85. The van der Waals surface area contributed by atoms with Gasteiger partial charge < -0.3 is 11.2 Å². The molecule has 0 unspecified atom stereocenters. The molecule has 0 aliphatic carbocycles. The SMILES string of the molecule is CC(C)CNC(=O)[C@H](C)Sc1nnc(-c2cc(Cl)ccc2Cl)n1N. The van der Waals surface area contributed by atoms with Crippen LogP contribution >= 0.6 is 35.0 Å². The zero-order valence-corrected chi connectivity index (χ0v) is 15.9. The smallest absolute Gasteiger partial charge is 0.233 e. The summed E-state index contributed by atoms with van der Waals surface area (Å²) in [6.45, 7) is 6.49. The molecule has 0 fully saturated rings. The molecule has 130 valence electrons. The van der Waals surface area contributed by atoms with E-state index in [9.17, 15) is 4.79 Å². The summed E-state index contributed by atoms with van der Waals surface area (Å²) in [5, 5.41) is 12.1. The van der Waals surface area contributed by atoms with Crippen molar-refractivity contribution in [3.8, 4) is 11.4 Å². The van der Waals surface area contributed by atoms with E-state index in [2.05, 4.69) is 15.5 Å². The Morgan fingerprint density at radius 1 is 1.33 bits per heavy atom. The maximum absolute atomic E-state index is 12.1. The van der Waals surface area contributed by atoms with E-state index in [4.69, 9.17) is 29.0 Å². The Morgan fingerprint density at radius 3 is 2.71 bits per heavy atom. The van der Waals surface area contributed by atoms with Crippen molar-refractivity contribution in [1.29, 1.82) is 0 Å². The van der Waals surface area contributed by atoms with E-state index in [1.54, 1.807) is 25.1 Å². The van der Waals surface area contributed by atoms with E-state index in [1.807, 2.05) is 13.8 Å². The maximum Gasteiger partial charge on any atom is 0.233 e. The number of hydrogen-bond donors (Lipinski definition) is 2. The number of nitrogen functional groups attached to an aromatic ring is 1. The molecule has 6 nitrogen and oxygen atoms in total. The van der Waals surface area contributed by atoms with Crippen LogP contribution in [0.1, 0.15) is 20.8 Å². The van der Waals surface area contributed by atoms with Crippen LogP contribution in [-0.4, -0.2) is 32.6 Å². The van der Waals surface area contributed by atoms with Gasteiger partial charge in [0.1, 0.15) is 0 Å². The summed E-state index contributed by atoms with van der Waals surface area (Å²) < 4.78 is 1.31. The zero-order chi connectivity index (χ0) is 17.9. The Balaban J connectivity index is 2.15. The van der Waals surface area contributed by atoms with E-state index >= 15 is 0 Å². The number of aromatic nitrogens is 3. The third kappa shape index (κ3) is 4.55. The van der Waals surface area contributed by atoms with Crippen molar-refractivity contribution in [3.63, 3.8) is 0 Å². The second-order valence-electron chi connectivity index (χ2n) is 5.70. The highest BCUT2D eigenvalue weighted by Crippen LogP contribution is 2.31. The van der Waals surface area contributed by atoms with Crippen molar-refractivity contribution in [2.75, 3.05) is 12.4 Å². The van der Waals surface area contributed by atoms with Crippen molar-refractivity contribution >= 4 is 40.9 Å². The highest BCUT2D eigenvalue weighted by Gasteiger charge is 2.21. The monoisotopic (exact) mass is 387 g/mol. The molecular formula is C15H19Cl2N5OS. The number of nitrogens with two attached hydrogens (primary N) is 1. The highest BCUT2D eigenvalue weighted by atomic mass is 35.5. The average Bonchev–Trinajstić information content (AvgIpc) is 2.88. The molecule has 1 amide bonds. The molecule has 0 aliphatic heterocycles. The largest absolute Gasteiger partial charge is 0.355 e. The van der Waals surface area contributed by atoms with Gasteiger partial charge in [0.25, 0.3) is 0 Å². The predicted octanol–water partition coefficient (Wildman–Crippen LogP) is 3.22. The molecule has 0 saturated carbocycles. The third-order valence-electron chi connectivity index (χ3n) is 3.17. The molecule has 0 saturated heterocycles. The first-order chi connectivity index (χ1) is 11.3. The molecule has 1 heterocycles. The number of thioether (sulfide) groups is 1. The van der Waals surface area contributed by atoms with Gasteiger partial charge in [-0.1, -0.05) is 48.8 Å². The van der Waals surface area contributed by atoms with Gasteiger partial charge in [0.15, 0.2) is 5.82 Å². The average molecular weight is 388 g/mol. The predicted molar refractivity (Wildman–Crippen MR) is 98.8 cm³/mol. The number of amides is 1. The van der Waals surface area contributed by atoms with Gasteiger partial charge in [0.05, 0.1) is 10.3 Å². The number of benzene rings is 1. The van der Waals surface area contributed by atoms with Gasteiger partial charge in [-0.25, -0.2) is 4.68 Å². The molecule has 0 spiro atoms. The molecule has 0 bridgehead atoms. The Morgan fingerprint density at radius 2 is 2.04 bits per heavy atom. The summed E-state index contributed by atoms with van der Waals surface area (Å²) >= 11 is 13.4. The standard InChI is InChI=1S/C15H19Cl2N5OS/c1-8(2)7-19-14(23)9(3)24-15-21-20-13(22(15)18)11-6-10(16)4-5-12(11)17/h4-6,8-9H,7,18H2,1-3H3,(H,19,23)/t9-/m0/s1. The molecule has 0 aliphatic rings. The van der Waals surface area contributed by atoms with Crippen LogP contribution in [0.15, 0.2) is 23.4 Å². The number of carbonyl (C=O) groups excluding carboxylic acids is 1. The van der Waals surface area contributed by atoms with Crippen molar-refractivity contribution in [2.45, 2.75) is 31.2 Å². The number of nitrogens with one attached hydrogen (secondary N) is 1. The van der Waals surface area contributed by atoms with E-state index in [0.717, 1.165) is 0 Å². The normalized spacial score (nSPS) is 12.4. The summed E-state index contributed by atoms with van der Waals surface area (Å²) in [6, 6.07) is 5.02. The van der Waals surface area contributed by atoms with Gasteiger partial charge >= 0.3 is 0 Å². The fourth-order valence-electron chi connectivity index (χ4n) is 1.87. The molecule has 24 heavy (non-hydrogen) atoms. The van der Waals surface area contributed by atoms with Gasteiger partial charge in [-0.3, -0.25) is 4.79 Å². The fraction of sp³-hybridized carbons (Fsp3) is 0.400. The topological polar surface area (TPSA) is 85.8 Å². The van der Waals surface area contributed by atoms with Crippen molar-refractivity contribution in [3.05, 3.63) is 28.2 Å². The number of hydrogen-bond acceptors (Lipinski definition) is 5. The lowest BCUT2D eigenvalue weighted by Gasteiger charge is -2.13. The molecule has 1 aromatic heterocycles. The van der Waals surface area contributed by atoms with E-state index in [0.29, 0.717) is 39.1 Å². The first kappa shape index (κ1) is 18.9. The zero-order valence-electron chi connectivity index (χ0n) is 13.6. The molecule has 3 N–H and O–H groups in total. The van der Waals surface area contributed by atoms with Crippen LogP contribution in [0.5, 0.6) is 0 Å². The lowest BCUT2D eigenvalue weighted by Crippen LogP contribution is -2.33. The lowest BCUT2D eigenvalue weighted by atomic mass is 10.2. The van der Waals surface area contributed by atoms with Crippen LogP contribution < -0.4 is 11.2 Å². The van der Waals surface area contributed by atoms with Gasteiger partial charge in [-0.15, -0.1) is 10.2 Å². The molecule has 2 aromatic rings. The molecular weight excluding hydrogens is 369 g/mol. The van der Waals surface area contributed by atoms with Gasteiger partial charge in [0.2, 0.25) is 11.1 Å². The molecule has 2 rings (SSSR count). The van der Waals surface area contributed by atoms with Crippen molar-refractivity contribution in [1.82, 2.24) is 20.2 Å². The van der Waals surface area contributed by atoms with Gasteiger partial charge in [-0.2, -0.15) is 0 Å². The summed E-state index contributed by atoms with van der Waals surface area (Å²) in [4.78, 5) is 12.1. The highest BCUT2D eigenvalue weighted by molar-refractivity contribution is 8.00. The van der Waals surface area contributed by atoms with Crippen LogP contribution in [-0.2, 0) is 4.79 Å². The quantitative estimate of drug-likeness (QED) is 0.586. The van der Waals surface area contributed by atoms with Crippen molar-refractivity contribution in [2.24, 2.45) is 5.92 Å². The summed E-state index contributed by atoms with van der Waals surface area (Å²) in [5.41, 5.74) is 0.586. The van der Waals surface area contributed by atoms with Gasteiger partial charge in [0, 0.05) is 17.1 Å². The van der Waals surface area contributed by atoms with Crippen LogP contribution in [0.2, 0.25) is 10.0 Å². The van der Waals surface area contributed by atoms with Crippen LogP contribution in [0, 0.1) is 5.92 Å². The maximum atomic E-state index is 12.1. The van der Waals surface area contributed by atoms with E-state index in [1.165, 1.54) is 16.4 Å². The van der Waals surface area contributed by atoms with Crippen LogP contribution in [0.4, 0.5) is 0 Å². The first-order valence-corrected chi connectivity index (χ1v) is 9.03. The molecule has 1 aromatic carbocycles. The second kappa shape index (κ2) is 8.09. The summed E-state index contributed by atoms with van der Waals surface area (Å²) in [7, 11) is 0. The number of halogens is 2. The van der Waals surface area contributed by atoms with Crippen LogP contribution in [0.3, 0.4) is 0 Å². The van der Waals surface area contributed by atoms with Gasteiger partial charge in [-0.05, 0) is 31.0 Å². The lowest BCUT2D eigenvalue weighted by molar-refractivity contribution is -0.120. The summed E-state index contributed by atoms with van der Waals surface area (Å²) in [5.74, 6) is 6.77. The van der Waals surface area contributed by atoms with E-state index in [-0.39, 0.29) is 11.2 Å². The van der Waals surface area contributed by atoms with Crippen molar-refractivity contribution < 1.29 is 4.79 Å². The Bertz CT molecular complexity index is 735. The minimum Gasteiger partial charge on any atom is -0.355 e. The number of carbonyl (C=O) groups is 1. The fourth-order valence-corrected chi connectivity index (χ4v) is 3.04. The van der Waals surface area contributed by atoms with E-state index < -0.39 is 0 Å². The number of rotatable bonds is 6. The minimum absolute atomic E-state index is 0.0703. The Kier molecular flexibility index (Phi) is 6.37. The number of nitrogens with zero attached hydrogens (tertiary/aromatic N) is 3. The molecule has 9 heteroatoms. The first-order valence-electron chi connectivity index (χ1n) is 7.40. The molecule has 1 atom stereocenters. The third-order valence-corrected chi connectivity index (χ3v) is 4.79. The molecule has 0 radical (unpaired) electrons. The Hall–Kier alpha value is -1.44. The van der Waals surface area contributed by atoms with Crippen LogP contribution in [0.25, 0.3) is 11.4 Å². The Labute approximate surface area is 155 Å². The minimum atomic E-state index is -0.349.